The van der Waals surface area contributed by atoms with Gasteiger partial charge >= 0.3 is 0 Å². The Morgan fingerprint density at radius 3 is 2.47 bits per heavy atom. The van der Waals surface area contributed by atoms with Crippen molar-refractivity contribution in [1.29, 1.82) is 0 Å². The molecule has 0 bridgehead atoms. The Morgan fingerprint density at radius 1 is 1.18 bits per heavy atom. The second-order valence-electron chi connectivity index (χ2n) is 4.26. The van der Waals surface area contributed by atoms with Gasteiger partial charge in [0.1, 0.15) is 0 Å². The Morgan fingerprint density at radius 2 is 1.88 bits per heavy atom. The van der Waals surface area contributed by atoms with Crippen molar-refractivity contribution in [2.24, 2.45) is 0 Å². The van der Waals surface area contributed by atoms with Gasteiger partial charge in [0.25, 0.3) is 0 Å². The zero-order valence-electron chi connectivity index (χ0n) is 10.8. The molecule has 3 heteroatoms. The van der Waals surface area contributed by atoms with E-state index in [0.717, 1.165) is 36.5 Å². The van der Waals surface area contributed by atoms with Crippen LogP contribution in [0.5, 0.6) is 0 Å². The molecule has 0 heterocycles. The Kier molecular flexibility index (Phi) is 7.13. The molecule has 96 valence electrons. The summed E-state index contributed by atoms with van der Waals surface area (Å²) in [4.78, 5) is 0.937. The average molecular weight is 253 g/mol. The molecule has 0 aliphatic heterocycles. The minimum atomic E-state index is -0.881. The van der Waals surface area contributed by atoms with E-state index in [1.54, 1.807) is 0 Å². The third-order valence-corrected chi connectivity index (χ3v) is 4.18. The Balaban J connectivity index is 2.51. The number of hydrogen-bond donors (Lipinski definition) is 1. The van der Waals surface area contributed by atoms with Gasteiger partial charge in [-0.1, -0.05) is 38.5 Å². The van der Waals surface area contributed by atoms with Gasteiger partial charge in [-0.25, -0.2) is 0 Å². The van der Waals surface area contributed by atoms with Gasteiger partial charge in [0, 0.05) is 16.7 Å². The standard InChI is InChI=1S/C14H23NOS/c1-3-8-13(15-11-4-2)12-17(16)14-9-6-5-7-10-14/h5-7,9-10,13,15H,3-4,8,11-12H2,1-2H3. The monoisotopic (exact) mass is 253 g/mol. The molecule has 0 spiro atoms. The second kappa shape index (κ2) is 8.43. The van der Waals surface area contributed by atoms with Gasteiger partial charge in [-0.05, 0) is 31.5 Å². The highest BCUT2D eigenvalue weighted by molar-refractivity contribution is 7.85. The smallest absolute Gasteiger partial charge is 0.0545 e. The van der Waals surface area contributed by atoms with Gasteiger partial charge in [0.05, 0.1) is 10.8 Å². The van der Waals surface area contributed by atoms with Crippen molar-refractivity contribution < 1.29 is 4.21 Å². The fraction of sp³-hybridized carbons (Fsp3) is 0.571. The van der Waals surface area contributed by atoms with E-state index in [9.17, 15) is 4.21 Å². The molecule has 0 saturated heterocycles. The first-order valence-corrected chi connectivity index (χ1v) is 7.76. The largest absolute Gasteiger partial charge is 0.313 e. The van der Waals surface area contributed by atoms with Crippen molar-refractivity contribution in [2.45, 2.75) is 44.0 Å². The van der Waals surface area contributed by atoms with E-state index in [2.05, 4.69) is 19.2 Å². The maximum absolute atomic E-state index is 12.2. The second-order valence-corrected chi connectivity index (χ2v) is 5.76. The Labute approximate surface area is 107 Å². The van der Waals surface area contributed by atoms with Crippen molar-refractivity contribution >= 4 is 10.8 Å². The summed E-state index contributed by atoms with van der Waals surface area (Å²) in [6, 6.07) is 10.1. The molecular weight excluding hydrogens is 230 g/mol. The minimum Gasteiger partial charge on any atom is -0.313 e. The molecule has 2 unspecified atom stereocenters. The van der Waals surface area contributed by atoms with Gasteiger partial charge in [0.15, 0.2) is 0 Å². The van der Waals surface area contributed by atoms with Crippen molar-refractivity contribution in [1.82, 2.24) is 5.32 Å². The SMILES string of the molecule is CCCNC(CCC)CS(=O)c1ccccc1. The van der Waals surface area contributed by atoms with Crippen molar-refractivity contribution in [3.05, 3.63) is 30.3 Å². The van der Waals surface area contributed by atoms with E-state index in [-0.39, 0.29) is 0 Å². The van der Waals surface area contributed by atoms with E-state index in [1.165, 1.54) is 0 Å². The predicted octanol–water partition coefficient (Wildman–Crippen LogP) is 2.96. The van der Waals surface area contributed by atoms with Crippen LogP contribution in [-0.2, 0) is 10.8 Å². The lowest BCUT2D eigenvalue weighted by Crippen LogP contribution is -2.34. The topological polar surface area (TPSA) is 29.1 Å². The van der Waals surface area contributed by atoms with Crippen LogP contribution < -0.4 is 5.32 Å². The normalized spacial score (nSPS) is 14.5. The first kappa shape index (κ1) is 14.4. The Hall–Kier alpha value is -0.670. The minimum absolute atomic E-state index is 0.376. The molecule has 0 aliphatic rings. The maximum Gasteiger partial charge on any atom is 0.0545 e. The van der Waals surface area contributed by atoms with Crippen LogP contribution >= 0.6 is 0 Å². The molecule has 1 aromatic carbocycles. The summed E-state index contributed by atoms with van der Waals surface area (Å²) in [5, 5.41) is 3.48. The van der Waals surface area contributed by atoms with Crippen LogP contribution in [0.4, 0.5) is 0 Å². The first-order valence-electron chi connectivity index (χ1n) is 6.44. The lowest BCUT2D eigenvalue weighted by atomic mass is 10.2. The molecule has 2 atom stereocenters. The van der Waals surface area contributed by atoms with Crippen LogP contribution in [0.1, 0.15) is 33.1 Å². The third-order valence-electron chi connectivity index (χ3n) is 2.68. The molecule has 2 nitrogen and oxygen atoms in total. The summed E-state index contributed by atoms with van der Waals surface area (Å²) in [5.74, 6) is 0.720. The number of benzene rings is 1. The molecule has 1 rings (SSSR count). The summed E-state index contributed by atoms with van der Waals surface area (Å²) in [6.07, 6.45) is 3.35. The molecular formula is C14H23NOS. The van der Waals surface area contributed by atoms with Gasteiger partial charge < -0.3 is 5.32 Å². The highest BCUT2D eigenvalue weighted by atomic mass is 32.2. The molecule has 0 saturated carbocycles. The summed E-state index contributed by atoms with van der Waals surface area (Å²) in [7, 11) is -0.881. The van der Waals surface area contributed by atoms with E-state index < -0.39 is 10.8 Å². The molecule has 0 fully saturated rings. The van der Waals surface area contributed by atoms with E-state index in [0.29, 0.717) is 6.04 Å². The number of nitrogens with one attached hydrogen (secondary N) is 1. The lowest BCUT2D eigenvalue weighted by Gasteiger charge is -2.17. The summed E-state index contributed by atoms with van der Waals surface area (Å²) >= 11 is 0. The fourth-order valence-corrected chi connectivity index (χ4v) is 3.10. The number of rotatable bonds is 8. The summed E-state index contributed by atoms with van der Waals surface area (Å²) < 4.78 is 12.2. The highest BCUT2D eigenvalue weighted by Crippen LogP contribution is 2.09. The van der Waals surface area contributed by atoms with Crippen LogP contribution in [0.25, 0.3) is 0 Å². The molecule has 0 aromatic heterocycles. The van der Waals surface area contributed by atoms with E-state index >= 15 is 0 Å². The first-order chi connectivity index (χ1) is 8.27. The maximum atomic E-state index is 12.2. The van der Waals surface area contributed by atoms with E-state index in [4.69, 9.17) is 0 Å². The molecule has 17 heavy (non-hydrogen) atoms. The van der Waals surface area contributed by atoms with Crippen molar-refractivity contribution in [2.75, 3.05) is 12.3 Å². The van der Waals surface area contributed by atoms with Crippen LogP contribution in [-0.4, -0.2) is 22.5 Å². The van der Waals surface area contributed by atoms with Gasteiger partial charge in [-0.15, -0.1) is 0 Å². The lowest BCUT2D eigenvalue weighted by molar-refractivity contribution is 0.510. The molecule has 0 aliphatic carbocycles. The molecule has 0 amide bonds. The van der Waals surface area contributed by atoms with Gasteiger partial charge in [-0.2, -0.15) is 0 Å². The zero-order valence-corrected chi connectivity index (χ0v) is 11.6. The Bertz CT molecular complexity index is 326. The fourth-order valence-electron chi connectivity index (χ4n) is 1.79. The number of hydrogen-bond acceptors (Lipinski definition) is 2. The zero-order chi connectivity index (χ0) is 12.5. The average Bonchev–Trinajstić information content (AvgIpc) is 2.37. The van der Waals surface area contributed by atoms with Crippen LogP contribution in [0.15, 0.2) is 35.2 Å². The molecule has 0 radical (unpaired) electrons. The molecule has 1 N–H and O–H groups in total. The third kappa shape index (κ3) is 5.46. The van der Waals surface area contributed by atoms with Crippen LogP contribution in [0.3, 0.4) is 0 Å². The van der Waals surface area contributed by atoms with E-state index in [1.807, 2.05) is 30.3 Å². The van der Waals surface area contributed by atoms with Gasteiger partial charge in [-0.3, -0.25) is 4.21 Å². The quantitative estimate of drug-likeness (QED) is 0.772. The van der Waals surface area contributed by atoms with Crippen LogP contribution in [0.2, 0.25) is 0 Å². The summed E-state index contributed by atoms with van der Waals surface area (Å²) in [5.41, 5.74) is 0. The van der Waals surface area contributed by atoms with Crippen molar-refractivity contribution in [3.8, 4) is 0 Å². The van der Waals surface area contributed by atoms with Gasteiger partial charge in [0.2, 0.25) is 0 Å². The molecule has 1 aromatic rings. The van der Waals surface area contributed by atoms with Crippen molar-refractivity contribution in [3.63, 3.8) is 0 Å². The highest BCUT2D eigenvalue weighted by Gasteiger charge is 2.12. The van der Waals surface area contributed by atoms with Crippen LogP contribution in [0, 0.1) is 0 Å². The predicted molar refractivity (Wildman–Crippen MR) is 74.7 cm³/mol. The summed E-state index contributed by atoms with van der Waals surface area (Å²) in [6.45, 7) is 5.34.